The number of methoxy groups -OCH3 is 4. The van der Waals surface area contributed by atoms with Gasteiger partial charge in [-0.25, -0.2) is 0 Å². The lowest BCUT2D eigenvalue weighted by Gasteiger charge is -2.27. The molecule has 0 bridgehead atoms. The number of Topliss-reactive ketones (excluding diaryl/α,β-unsaturated/α-hetero) is 1. The molecule has 5 rings (SSSR count). The van der Waals surface area contributed by atoms with Crippen molar-refractivity contribution in [1.29, 1.82) is 0 Å². The highest BCUT2D eigenvalue weighted by atomic mass is 16.5. The molecule has 0 N–H and O–H groups in total. The van der Waals surface area contributed by atoms with Crippen LogP contribution in [0.5, 0.6) is 34.5 Å². The molecule has 0 saturated carbocycles. The Balaban J connectivity index is 1.59. The largest absolute Gasteiger partial charge is 0.497 e. The summed E-state index contributed by atoms with van der Waals surface area (Å²) >= 11 is 0. The predicted octanol–water partition coefficient (Wildman–Crippen LogP) is 4.78. The van der Waals surface area contributed by atoms with Crippen LogP contribution in [0, 0.1) is 0 Å². The van der Waals surface area contributed by atoms with Crippen LogP contribution >= 0.6 is 0 Å². The number of rotatable bonds is 6. The van der Waals surface area contributed by atoms with Crippen molar-refractivity contribution in [1.82, 2.24) is 0 Å². The lowest BCUT2D eigenvalue weighted by atomic mass is 9.84. The van der Waals surface area contributed by atoms with Gasteiger partial charge in [-0.2, -0.15) is 0 Å². The number of hydrogen-bond acceptors (Lipinski definition) is 8. The number of ketones is 1. The number of benzene rings is 3. The SMILES string of the molecule is COc1ccc([C@@H]2CC(=O)Oc3ccc4c(c32)O/C(=C\c2ccc(OC)c(OC)c2)C4=O)c(OC)c1. The van der Waals surface area contributed by atoms with E-state index < -0.39 is 5.92 Å². The average molecular weight is 488 g/mol. The first-order valence-electron chi connectivity index (χ1n) is 11.2. The molecule has 0 fully saturated rings. The number of carbonyl (C=O) groups is 2. The highest BCUT2D eigenvalue weighted by molar-refractivity contribution is 6.15. The Hall–Kier alpha value is -4.46. The van der Waals surface area contributed by atoms with E-state index in [1.54, 1.807) is 77.0 Å². The van der Waals surface area contributed by atoms with Gasteiger partial charge in [0.2, 0.25) is 5.78 Å². The molecule has 8 heteroatoms. The Bertz CT molecular complexity index is 1400. The van der Waals surface area contributed by atoms with Gasteiger partial charge >= 0.3 is 5.97 Å². The van der Waals surface area contributed by atoms with Gasteiger partial charge in [-0.3, -0.25) is 9.59 Å². The van der Waals surface area contributed by atoms with Gasteiger partial charge in [0, 0.05) is 23.1 Å². The van der Waals surface area contributed by atoms with Crippen LogP contribution in [-0.2, 0) is 4.79 Å². The van der Waals surface area contributed by atoms with Crippen molar-refractivity contribution in [3.8, 4) is 34.5 Å². The molecule has 184 valence electrons. The summed E-state index contributed by atoms with van der Waals surface area (Å²) in [4.78, 5) is 25.8. The third-order valence-corrected chi connectivity index (χ3v) is 6.30. The fourth-order valence-electron chi connectivity index (χ4n) is 4.57. The summed E-state index contributed by atoms with van der Waals surface area (Å²) in [6.07, 6.45) is 1.72. The van der Waals surface area contributed by atoms with Crippen molar-refractivity contribution in [3.63, 3.8) is 0 Å². The summed E-state index contributed by atoms with van der Waals surface area (Å²) in [5, 5.41) is 0. The molecule has 2 aliphatic heterocycles. The average Bonchev–Trinajstić information content (AvgIpc) is 3.22. The number of hydrogen-bond donors (Lipinski definition) is 0. The predicted molar refractivity (Wildman–Crippen MR) is 131 cm³/mol. The number of fused-ring (bicyclic) bond motifs is 3. The number of allylic oxidation sites excluding steroid dienone is 1. The summed E-state index contributed by atoms with van der Waals surface area (Å²) < 4.78 is 33.2. The highest BCUT2D eigenvalue weighted by Crippen LogP contribution is 2.50. The van der Waals surface area contributed by atoms with Gasteiger partial charge in [-0.05, 0) is 42.0 Å². The van der Waals surface area contributed by atoms with Gasteiger partial charge in [-0.1, -0.05) is 12.1 Å². The zero-order valence-electron chi connectivity index (χ0n) is 20.2. The number of carbonyl (C=O) groups excluding carboxylic acids is 2. The van der Waals surface area contributed by atoms with E-state index in [0.717, 1.165) is 5.56 Å². The Morgan fingerprint density at radius 2 is 1.58 bits per heavy atom. The van der Waals surface area contributed by atoms with Crippen LogP contribution in [0.1, 0.15) is 39.4 Å². The van der Waals surface area contributed by atoms with E-state index in [1.165, 1.54) is 0 Å². The maximum absolute atomic E-state index is 13.3. The lowest BCUT2D eigenvalue weighted by Crippen LogP contribution is -2.22. The Kier molecular flexibility index (Phi) is 6.01. The highest BCUT2D eigenvalue weighted by Gasteiger charge is 2.39. The zero-order valence-corrected chi connectivity index (χ0v) is 20.2. The first-order valence-corrected chi connectivity index (χ1v) is 11.2. The first-order chi connectivity index (χ1) is 17.5. The monoisotopic (exact) mass is 488 g/mol. The molecule has 8 nitrogen and oxygen atoms in total. The van der Waals surface area contributed by atoms with Gasteiger partial charge in [0.25, 0.3) is 0 Å². The van der Waals surface area contributed by atoms with E-state index in [4.69, 9.17) is 28.4 Å². The number of ether oxygens (including phenoxy) is 6. The van der Waals surface area contributed by atoms with Gasteiger partial charge in [0.15, 0.2) is 17.3 Å². The van der Waals surface area contributed by atoms with E-state index in [1.807, 2.05) is 6.07 Å². The van der Waals surface area contributed by atoms with Crippen LogP contribution in [0.4, 0.5) is 0 Å². The summed E-state index contributed by atoms with van der Waals surface area (Å²) in [5.41, 5.74) is 2.49. The topological polar surface area (TPSA) is 89.5 Å². The first kappa shape index (κ1) is 23.3. The zero-order chi connectivity index (χ0) is 25.4. The Morgan fingerprint density at radius 3 is 2.31 bits per heavy atom. The van der Waals surface area contributed by atoms with Crippen molar-refractivity contribution in [2.75, 3.05) is 28.4 Å². The minimum absolute atomic E-state index is 0.0679. The van der Waals surface area contributed by atoms with Gasteiger partial charge in [0.05, 0.1) is 40.4 Å². The molecule has 0 amide bonds. The van der Waals surface area contributed by atoms with Crippen molar-refractivity contribution >= 4 is 17.8 Å². The van der Waals surface area contributed by atoms with Crippen LogP contribution < -0.4 is 28.4 Å². The molecule has 2 aliphatic rings. The van der Waals surface area contributed by atoms with E-state index in [2.05, 4.69) is 0 Å². The van der Waals surface area contributed by atoms with Crippen molar-refractivity contribution < 1.29 is 38.0 Å². The van der Waals surface area contributed by atoms with E-state index in [0.29, 0.717) is 51.2 Å². The van der Waals surface area contributed by atoms with Crippen LogP contribution in [0.25, 0.3) is 6.08 Å². The second-order valence-electron chi connectivity index (χ2n) is 8.25. The fourth-order valence-corrected chi connectivity index (χ4v) is 4.57. The Morgan fingerprint density at radius 1 is 0.806 bits per heavy atom. The molecule has 2 heterocycles. The van der Waals surface area contributed by atoms with E-state index in [9.17, 15) is 9.59 Å². The second-order valence-corrected chi connectivity index (χ2v) is 8.25. The van der Waals surface area contributed by atoms with Crippen LogP contribution in [-0.4, -0.2) is 40.2 Å². The van der Waals surface area contributed by atoms with Crippen LogP contribution in [0.3, 0.4) is 0 Å². The van der Waals surface area contributed by atoms with E-state index >= 15 is 0 Å². The minimum atomic E-state index is -0.440. The van der Waals surface area contributed by atoms with E-state index in [-0.39, 0.29) is 23.9 Å². The smallest absolute Gasteiger partial charge is 0.312 e. The second kappa shape index (κ2) is 9.30. The number of esters is 1. The molecule has 0 spiro atoms. The maximum Gasteiger partial charge on any atom is 0.312 e. The molecule has 0 aromatic heterocycles. The molecule has 0 saturated heterocycles. The van der Waals surface area contributed by atoms with Gasteiger partial charge in [0.1, 0.15) is 23.0 Å². The molecule has 36 heavy (non-hydrogen) atoms. The maximum atomic E-state index is 13.3. The normalized spacial score (nSPS) is 17.1. The molecule has 0 aliphatic carbocycles. The summed E-state index contributed by atoms with van der Waals surface area (Å²) in [6.45, 7) is 0. The third kappa shape index (κ3) is 3.90. The fraction of sp³-hybridized carbons (Fsp3) is 0.214. The van der Waals surface area contributed by atoms with Crippen molar-refractivity contribution in [2.24, 2.45) is 0 Å². The molecular weight excluding hydrogens is 464 g/mol. The minimum Gasteiger partial charge on any atom is -0.497 e. The van der Waals surface area contributed by atoms with Gasteiger partial charge < -0.3 is 28.4 Å². The summed E-state index contributed by atoms with van der Waals surface area (Å²) in [7, 11) is 6.23. The summed E-state index contributed by atoms with van der Waals surface area (Å²) in [6, 6.07) is 14.0. The Labute approximate surface area is 207 Å². The van der Waals surface area contributed by atoms with Crippen LogP contribution in [0.2, 0.25) is 0 Å². The molecule has 3 aromatic carbocycles. The quantitative estimate of drug-likeness (QED) is 0.278. The molecule has 0 radical (unpaired) electrons. The molecular formula is C28H24O8. The molecule has 0 unspecified atom stereocenters. The van der Waals surface area contributed by atoms with Crippen molar-refractivity contribution in [2.45, 2.75) is 12.3 Å². The molecule has 3 aromatic rings. The lowest BCUT2D eigenvalue weighted by molar-refractivity contribution is -0.135. The standard InChI is InChI=1S/C28H24O8/c1-31-16-6-7-17(22(13-16)33-3)19-14-25(29)35-21-10-8-18-27(30)24(36-28(18)26(19)21)12-15-5-9-20(32-2)23(11-15)34-4/h5-13,19H,14H2,1-4H3/b24-12-/t19-/m0/s1. The van der Waals surface area contributed by atoms with Gasteiger partial charge in [-0.15, -0.1) is 0 Å². The van der Waals surface area contributed by atoms with Crippen LogP contribution in [0.15, 0.2) is 54.3 Å². The molecule has 1 atom stereocenters. The third-order valence-electron chi connectivity index (χ3n) is 6.30. The summed E-state index contributed by atoms with van der Waals surface area (Å²) in [5.74, 6) is 2.10. The van der Waals surface area contributed by atoms with Crippen molar-refractivity contribution in [3.05, 3.63) is 76.5 Å².